The predicted octanol–water partition coefficient (Wildman–Crippen LogP) is 3.10. The molecule has 3 rings (SSSR count). The molecule has 0 aliphatic carbocycles. The molecular weight excluding hydrogens is 302 g/mol. The summed E-state index contributed by atoms with van der Waals surface area (Å²) < 4.78 is 2.07. The highest BCUT2D eigenvalue weighted by atomic mass is 32.2. The number of rotatable bonds is 5. The number of para-hydroxylation sites is 1. The van der Waals surface area contributed by atoms with Gasteiger partial charge in [-0.1, -0.05) is 30.0 Å². The molecule has 0 fully saturated rings. The van der Waals surface area contributed by atoms with E-state index < -0.39 is 0 Å². The first-order valence-corrected chi connectivity index (χ1v) is 8.25. The molecule has 3 aromatic rings. The molecule has 0 spiro atoms. The van der Waals surface area contributed by atoms with E-state index in [9.17, 15) is 4.79 Å². The van der Waals surface area contributed by atoms with Gasteiger partial charge < -0.3 is 5.32 Å². The molecule has 1 aromatic carbocycles. The Kier molecular flexibility index (Phi) is 4.47. The number of fused-ring (bicyclic) bond motifs is 1. The zero-order valence-electron chi connectivity index (χ0n) is 11.2. The van der Waals surface area contributed by atoms with E-state index in [1.54, 1.807) is 23.7 Å². The maximum absolute atomic E-state index is 11.8. The monoisotopic (exact) mass is 315 g/mol. The summed E-state index contributed by atoms with van der Waals surface area (Å²) in [6.45, 7) is 0.507. The number of nitrogens with one attached hydrogen (secondary N) is 1. The number of carbonyl (C=O) groups is 1. The van der Waals surface area contributed by atoms with Crippen molar-refractivity contribution in [2.45, 2.75) is 10.9 Å². The molecule has 0 aliphatic rings. The largest absolute Gasteiger partial charge is 0.351 e. The zero-order chi connectivity index (χ0) is 14.5. The van der Waals surface area contributed by atoms with Gasteiger partial charge in [0.25, 0.3) is 0 Å². The van der Waals surface area contributed by atoms with Crippen LogP contribution in [0.2, 0.25) is 0 Å². The Balaban J connectivity index is 1.51. The predicted molar refractivity (Wildman–Crippen MR) is 86.4 cm³/mol. The first kappa shape index (κ1) is 14.0. The van der Waals surface area contributed by atoms with Gasteiger partial charge in [0.1, 0.15) is 0 Å². The van der Waals surface area contributed by atoms with Crippen molar-refractivity contribution >= 4 is 39.2 Å². The molecule has 4 nitrogen and oxygen atoms in total. The van der Waals surface area contributed by atoms with E-state index in [1.165, 1.54) is 11.8 Å². The minimum atomic E-state index is 0.00288. The van der Waals surface area contributed by atoms with E-state index in [1.807, 2.05) is 36.4 Å². The van der Waals surface area contributed by atoms with E-state index in [2.05, 4.69) is 15.3 Å². The van der Waals surface area contributed by atoms with Crippen molar-refractivity contribution in [2.75, 3.05) is 5.75 Å². The van der Waals surface area contributed by atoms with Crippen LogP contribution in [-0.2, 0) is 11.3 Å². The third kappa shape index (κ3) is 3.80. The van der Waals surface area contributed by atoms with Gasteiger partial charge in [-0.2, -0.15) is 0 Å². The third-order valence-corrected chi connectivity index (χ3v) is 4.99. The van der Waals surface area contributed by atoms with Crippen molar-refractivity contribution in [3.05, 3.63) is 54.4 Å². The Morgan fingerprint density at radius 1 is 1.24 bits per heavy atom. The van der Waals surface area contributed by atoms with Crippen LogP contribution in [0.5, 0.6) is 0 Å². The molecule has 1 N–H and O–H groups in total. The maximum Gasteiger partial charge on any atom is 0.230 e. The normalized spacial score (nSPS) is 10.7. The molecule has 0 aliphatic heterocycles. The van der Waals surface area contributed by atoms with Crippen molar-refractivity contribution in [1.82, 2.24) is 15.3 Å². The number of carbonyl (C=O) groups excluding carboxylic acids is 1. The average Bonchev–Trinajstić information content (AvgIpc) is 2.95. The lowest BCUT2D eigenvalue weighted by atomic mass is 10.3. The Labute approximate surface area is 130 Å². The van der Waals surface area contributed by atoms with Gasteiger partial charge in [0, 0.05) is 18.9 Å². The van der Waals surface area contributed by atoms with E-state index in [-0.39, 0.29) is 5.91 Å². The van der Waals surface area contributed by atoms with Crippen molar-refractivity contribution < 1.29 is 4.79 Å². The second-order valence-corrected chi connectivity index (χ2v) is 6.63. The molecule has 0 radical (unpaired) electrons. The van der Waals surface area contributed by atoms with Crippen LogP contribution in [0, 0.1) is 0 Å². The Morgan fingerprint density at radius 2 is 2.14 bits per heavy atom. The van der Waals surface area contributed by atoms with Crippen LogP contribution in [0.3, 0.4) is 0 Å². The lowest BCUT2D eigenvalue weighted by molar-refractivity contribution is -0.118. The van der Waals surface area contributed by atoms with E-state index in [4.69, 9.17) is 0 Å². The van der Waals surface area contributed by atoms with Gasteiger partial charge in [-0.3, -0.25) is 9.78 Å². The molecular formula is C15H13N3OS2. The summed E-state index contributed by atoms with van der Waals surface area (Å²) >= 11 is 3.08. The summed E-state index contributed by atoms with van der Waals surface area (Å²) in [6, 6.07) is 11.8. The van der Waals surface area contributed by atoms with Gasteiger partial charge in [0.05, 0.1) is 16.0 Å². The highest BCUT2D eigenvalue weighted by molar-refractivity contribution is 8.01. The van der Waals surface area contributed by atoms with Crippen molar-refractivity contribution in [2.24, 2.45) is 0 Å². The van der Waals surface area contributed by atoms with Gasteiger partial charge >= 0.3 is 0 Å². The number of aromatic nitrogens is 2. The number of hydrogen-bond donors (Lipinski definition) is 1. The first-order chi connectivity index (χ1) is 10.3. The summed E-state index contributed by atoms with van der Waals surface area (Å²) in [5, 5.41) is 2.88. The Morgan fingerprint density at radius 3 is 2.95 bits per heavy atom. The van der Waals surface area contributed by atoms with E-state index >= 15 is 0 Å². The fourth-order valence-corrected chi connectivity index (χ4v) is 3.69. The van der Waals surface area contributed by atoms with Crippen LogP contribution >= 0.6 is 23.1 Å². The van der Waals surface area contributed by atoms with Gasteiger partial charge in [0.15, 0.2) is 4.34 Å². The number of benzene rings is 1. The summed E-state index contributed by atoms with van der Waals surface area (Å²) in [5.41, 5.74) is 1.98. The van der Waals surface area contributed by atoms with Crippen LogP contribution in [-0.4, -0.2) is 21.6 Å². The van der Waals surface area contributed by atoms with Crippen LogP contribution in [0.25, 0.3) is 10.2 Å². The Hall–Kier alpha value is -1.92. The SMILES string of the molecule is O=C(CSc1nc2ccccc2s1)NCc1cccnc1. The Bertz CT molecular complexity index is 710. The number of hydrogen-bond acceptors (Lipinski definition) is 5. The van der Waals surface area contributed by atoms with Crippen molar-refractivity contribution in [3.8, 4) is 0 Å². The quantitative estimate of drug-likeness (QED) is 0.735. The van der Waals surface area contributed by atoms with E-state index in [0.717, 1.165) is 20.1 Å². The second kappa shape index (κ2) is 6.69. The summed E-state index contributed by atoms with van der Waals surface area (Å²) in [6.07, 6.45) is 3.47. The minimum Gasteiger partial charge on any atom is -0.351 e. The highest BCUT2D eigenvalue weighted by Crippen LogP contribution is 2.28. The average molecular weight is 315 g/mol. The maximum atomic E-state index is 11.8. The zero-order valence-corrected chi connectivity index (χ0v) is 12.8. The number of nitrogens with zero attached hydrogens (tertiary/aromatic N) is 2. The van der Waals surface area contributed by atoms with Gasteiger partial charge in [0.2, 0.25) is 5.91 Å². The molecule has 2 heterocycles. The highest BCUT2D eigenvalue weighted by Gasteiger charge is 2.07. The number of thioether (sulfide) groups is 1. The molecule has 0 saturated carbocycles. The summed E-state index contributed by atoms with van der Waals surface area (Å²) in [4.78, 5) is 20.3. The topological polar surface area (TPSA) is 54.9 Å². The molecule has 0 saturated heterocycles. The standard InChI is InChI=1S/C15H13N3OS2/c19-14(17-9-11-4-3-7-16-8-11)10-20-15-18-12-5-1-2-6-13(12)21-15/h1-8H,9-10H2,(H,17,19). The van der Waals surface area contributed by atoms with E-state index in [0.29, 0.717) is 12.3 Å². The lowest BCUT2D eigenvalue weighted by Gasteiger charge is -2.03. The van der Waals surface area contributed by atoms with Gasteiger partial charge in [-0.05, 0) is 23.8 Å². The molecule has 106 valence electrons. The van der Waals surface area contributed by atoms with Gasteiger partial charge in [-0.15, -0.1) is 11.3 Å². The lowest BCUT2D eigenvalue weighted by Crippen LogP contribution is -2.24. The van der Waals surface area contributed by atoms with Crippen LogP contribution in [0.15, 0.2) is 53.1 Å². The van der Waals surface area contributed by atoms with Crippen LogP contribution in [0.4, 0.5) is 0 Å². The van der Waals surface area contributed by atoms with Crippen LogP contribution < -0.4 is 5.32 Å². The minimum absolute atomic E-state index is 0.00288. The molecule has 0 bridgehead atoms. The number of amides is 1. The smallest absolute Gasteiger partial charge is 0.230 e. The van der Waals surface area contributed by atoms with Crippen molar-refractivity contribution in [3.63, 3.8) is 0 Å². The molecule has 21 heavy (non-hydrogen) atoms. The molecule has 1 amide bonds. The number of thiazole rings is 1. The van der Waals surface area contributed by atoms with Crippen LogP contribution in [0.1, 0.15) is 5.56 Å². The second-order valence-electron chi connectivity index (χ2n) is 4.37. The summed E-state index contributed by atoms with van der Waals surface area (Å²) in [7, 11) is 0. The van der Waals surface area contributed by atoms with Crippen molar-refractivity contribution in [1.29, 1.82) is 0 Å². The summed E-state index contributed by atoms with van der Waals surface area (Å²) in [5.74, 6) is 0.378. The fourth-order valence-electron chi connectivity index (χ4n) is 1.79. The molecule has 0 atom stereocenters. The third-order valence-electron chi connectivity index (χ3n) is 2.81. The molecule has 0 unspecified atom stereocenters. The molecule has 2 aromatic heterocycles. The molecule has 6 heteroatoms. The first-order valence-electron chi connectivity index (χ1n) is 6.45. The fraction of sp³-hybridized carbons (Fsp3) is 0.133. The van der Waals surface area contributed by atoms with Gasteiger partial charge in [-0.25, -0.2) is 4.98 Å². The number of pyridine rings is 1.